The Morgan fingerprint density at radius 1 is 1.17 bits per heavy atom. The van der Waals surface area contributed by atoms with Gasteiger partial charge in [0.2, 0.25) is 10.5 Å². The number of hydrogen-bond acceptors (Lipinski definition) is 1. The van der Waals surface area contributed by atoms with E-state index < -0.39 is 40.6 Å². The van der Waals surface area contributed by atoms with Gasteiger partial charge in [-0.05, 0) is 19.9 Å². The highest BCUT2D eigenvalue weighted by atomic mass is 28.2. The molecule has 3 radical (unpaired) electrons. The minimum Gasteiger partial charge on any atom is -0.414 e. The van der Waals surface area contributed by atoms with E-state index in [0.29, 0.717) is 6.07 Å². The Morgan fingerprint density at radius 3 is 2.22 bits per heavy atom. The lowest BCUT2D eigenvalue weighted by molar-refractivity contribution is 0.0771. The standard InChI is InChI=1S/C11H10F5OSi/c1-11(2,17-18)4-7(13)5-3-6(12)9(15)10(16)8(5)14/h3,7H,4H2,1-2H3. The first-order valence-corrected chi connectivity index (χ1v) is 5.42. The van der Waals surface area contributed by atoms with E-state index in [9.17, 15) is 22.0 Å². The third-order valence-corrected chi connectivity index (χ3v) is 2.97. The van der Waals surface area contributed by atoms with Crippen molar-refractivity contribution in [1.29, 1.82) is 0 Å². The first-order valence-electron chi connectivity index (χ1n) is 5.01. The van der Waals surface area contributed by atoms with E-state index in [1.807, 2.05) is 0 Å². The number of hydrogen-bond donors (Lipinski definition) is 0. The predicted octanol–water partition coefficient (Wildman–Crippen LogP) is 3.52. The van der Waals surface area contributed by atoms with Crippen molar-refractivity contribution in [2.24, 2.45) is 0 Å². The van der Waals surface area contributed by atoms with Crippen molar-refractivity contribution in [3.05, 3.63) is 34.9 Å². The van der Waals surface area contributed by atoms with Crippen LogP contribution in [0.25, 0.3) is 0 Å². The molecule has 0 saturated heterocycles. The zero-order valence-electron chi connectivity index (χ0n) is 9.66. The minimum atomic E-state index is -2.03. The van der Waals surface area contributed by atoms with Gasteiger partial charge in [-0.2, -0.15) is 0 Å². The molecule has 0 saturated carbocycles. The van der Waals surface area contributed by atoms with Crippen LogP contribution in [0, 0.1) is 23.3 Å². The van der Waals surface area contributed by atoms with Crippen LogP contribution in [0.5, 0.6) is 0 Å². The summed E-state index contributed by atoms with van der Waals surface area (Å²) in [6.07, 6.45) is -2.39. The number of benzene rings is 1. The molecule has 0 fully saturated rings. The molecule has 18 heavy (non-hydrogen) atoms. The topological polar surface area (TPSA) is 9.23 Å². The molecule has 1 nitrogen and oxygen atoms in total. The van der Waals surface area contributed by atoms with E-state index in [2.05, 4.69) is 10.5 Å². The van der Waals surface area contributed by atoms with Gasteiger partial charge in [-0.1, -0.05) is 0 Å². The third-order valence-electron chi connectivity index (χ3n) is 2.42. The van der Waals surface area contributed by atoms with Crippen LogP contribution in [0.4, 0.5) is 22.0 Å². The highest BCUT2D eigenvalue weighted by Crippen LogP contribution is 2.32. The van der Waals surface area contributed by atoms with E-state index in [4.69, 9.17) is 4.43 Å². The van der Waals surface area contributed by atoms with E-state index in [1.165, 1.54) is 13.8 Å². The summed E-state index contributed by atoms with van der Waals surface area (Å²) in [5, 5.41) is 0. The molecule has 0 amide bonds. The van der Waals surface area contributed by atoms with Gasteiger partial charge in [-0.15, -0.1) is 0 Å². The predicted molar refractivity (Wildman–Crippen MR) is 55.7 cm³/mol. The van der Waals surface area contributed by atoms with E-state index in [1.54, 1.807) is 0 Å². The molecule has 1 atom stereocenters. The molecule has 99 valence electrons. The molecule has 1 aromatic carbocycles. The second-order valence-corrected chi connectivity index (χ2v) is 4.63. The summed E-state index contributed by atoms with van der Waals surface area (Å²) in [6, 6.07) is 0.308. The number of rotatable bonds is 4. The van der Waals surface area contributed by atoms with Crippen molar-refractivity contribution < 1.29 is 26.4 Å². The maximum atomic E-state index is 13.8. The molecular formula is C11H10F5OSi. The Hall–Kier alpha value is -0.953. The fourth-order valence-corrected chi connectivity index (χ4v) is 1.49. The van der Waals surface area contributed by atoms with Crippen molar-refractivity contribution >= 4 is 10.5 Å². The Balaban J connectivity index is 3.11. The molecule has 0 aromatic heterocycles. The first-order chi connectivity index (χ1) is 8.19. The van der Waals surface area contributed by atoms with Crippen LogP contribution in [0.1, 0.15) is 32.0 Å². The van der Waals surface area contributed by atoms with Gasteiger partial charge in [-0.3, -0.25) is 0 Å². The molecule has 0 aliphatic heterocycles. The zero-order chi connectivity index (χ0) is 14.1. The second kappa shape index (κ2) is 5.36. The van der Waals surface area contributed by atoms with Crippen LogP contribution in [0.3, 0.4) is 0 Å². The molecular weight excluding hydrogens is 271 g/mol. The van der Waals surface area contributed by atoms with Gasteiger partial charge in [0.15, 0.2) is 23.3 Å². The van der Waals surface area contributed by atoms with Crippen molar-refractivity contribution in [2.75, 3.05) is 0 Å². The normalized spacial score (nSPS) is 13.8. The molecule has 1 aromatic rings. The Kier molecular flexibility index (Phi) is 4.49. The van der Waals surface area contributed by atoms with Crippen LogP contribution >= 0.6 is 0 Å². The van der Waals surface area contributed by atoms with Crippen LogP contribution in [0.2, 0.25) is 0 Å². The van der Waals surface area contributed by atoms with Gasteiger partial charge in [0.25, 0.3) is 0 Å². The Bertz CT molecular complexity index is 450. The van der Waals surface area contributed by atoms with Gasteiger partial charge in [-0.25, -0.2) is 22.0 Å². The molecule has 0 bridgehead atoms. The van der Waals surface area contributed by atoms with Crippen molar-refractivity contribution in [3.63, 3.8) is 0 Å². The lowest BCUT2D eigenvalue weighted by atomic mass is 9.96. The molecule has 0 aliphatic rings. The van der Waals surface area contributed by atoms with Gasteiger partial charge in [0, 0.05) is 12.0 Å². The summed E-state index contributed by atoms with van der Waals surface area (Å²) in [5.74, 6) is -7.35. The monoisotopic (exact) mass is 281 g/mol. The van der Waals surface area contributed by atoms with Crippen LogP contribution in [0.15, 0.2) is 6.07 Å². The number of alkyl halides is 1. The lowest BCUT2D eigenvalue weighted by Gasteiger charge is -2.25. The van der Waals surface area contributed by atoms with Crippen molar-refractivity contribution in [2.45, 2.75) is 32.0 Å². The molecule has 1 unspecified atom stereocenters. The molecule has 0 spiro atoms. The first kappa shape index (κ1) is 15.1. The summed E-state index contributed by atoms with van der Waals surface area (Å²) in [4.78, 5) is 0. The largest absolute Gasteiger partial charge is 0.414 e. The summed E-state index contributed by atoms with van der Waals surface area (Å²) in [5.41, 5.74) is -1.90. The zero-order valence-corrected chi connectivity index (χ0v) is 10.7. The lowest BCUT2D eigenvalue weighted by Crippen LogP contribution is -2.25. The van der Waals surface area contributed by atoms with Gasteiger partial charge in [0.05, 0.1) is 5.60 Å². The molecule has 1 rings (SSSR count). The second-order valence-electron chi connectivity index (χ2n) is 4.42. The molecule has 0 aliphatic carbocycles. The third kappa shape index (κ3) is 3.08. The van der Waals surface area contributed by atoms with E-state index in [0.717, 1.165) is 0 Å². The highest BCUT2D eigenvalue weighted by Gasteiger charge is 2.29. The fourth-order valence-electron chi connectivity index (χ4n) is 1.40. The summed E-state index contributed by atoms with van der Waals surface area (Å²) >= 11 is 0. The van der Waals surface area contributed by atoms with Crippen LogP contribution in [-0.4, -0.2) is 16.1 Å². The Morgan fingerprint density at radius 2 is 1.72 bits per heavy atom. The highest BCUT2D eigenvalue weighted by molar-refractivity contribution is 5.98. The molecule has 0 heterocycles. The fraction of sp³-hybridized carbons (Fsp3) is 0.455. The maximum Gasteiger partial charge on any atom is 0.246 e. The van der Waals surface area contributed by atoms with Gasteiger partial charge in [0.1, 0.15) is 6.17 Å². The quantitative estimate of drug-likeness (QED) is 0.355. The maximum absolute atomic E-state index is 13.8. The van der Waals surface area contributed by atoms with E-state index >= 15 is 0 Å². The minimum absolute atomic E-state index is 0.308. The SMILES string of the molecule is CC(C)(CC(F)c1cc(F)c(F)c(F)c1F)O[Si]. The smallest absolute Gasteiger partial charge is 0.246 e. The van der Waals surface area contributed by atoms with Crippen LogP contribution < -0.4 is 0 Å². The summed E-state index contributed by atoms with van der Waals surface area (Å²) < 4.78 is 70.3. The van der Waals surface area contributed by atoms with E-state index in [-0.39, 0.29) is 6.42 Å². The Labute approximate surface area is 104 Å². The molecule has 7 heteroatoms. The van der Waals surface area contributed by atoms with Gasteiger partial charge >= 0.3 is 0 Å². The average molecular weight is 281 g/mol. The van der Waals surface area contributed by atoms with Crippen LogP contribution in [-0.2, 0) is 4.43 Å². The summed E-state index contributed by atoms with van der Waals surface area (Å²) in [6.45, 7) is 2.97. The van der Waals surface area contributed by atoms with Crippen molar-refractivity contribution in [3.8, 4) is 0 Å². The van der Waals surface area contributed by atoms with Gasteiger partial charge < -0.3 is 4.43 Å². The van der Waals surface area contributed by atoms with Crippen molar-refractivity contribution in [1.82, 2.24) is 0 Å². The molecule has 0 N–H and O–H groups in total. The summed E-state index contributed by atoms with van der Waals surface area (Å²) in [7, 11) is 2.71. The number of halogens is 5. The average Bonchev–Trinajstić information content (AvgIpc) is 2.30.